The highest BCUT2D eigenvalue weighted by Crippen LogP contribution is 2.38. The Bertz CT molecular complexity index is 506. The molecule has 2 unspecified atom stereocenters. The number of rotatable bonds is 2. The number of aromatic nitrogens is 1. The van der Waals surface area contributed by atoms with Gasteiger partial charge in [0.05, 0.1) is 0 Å². The minimum atomic E-state index is -0.500. The Hall–Kier alpha value is -1.74. The highest BCUT2D eigenvalue weighted by atomic mass is 16.3. The molecule has 0 saturated carbocycles. The van der Waals surface area contributed by atoms with E-state index in [4.69, 9.17) is 5.73 Å². The molecule has 1 heterocycles. The normalized spacial score (nSPS) is 28.5. The van der Waals surface area contributed by atoms with Crippen LogP contribution in [0, 0.1) is 0 Å². The fraction of sp³-hybridized carbons (Fsp3) is 0.286. The van der Waals surface area contributed by atoms with Crippen LogP contribution < -0.4 is 5.73 Å². The molecular weight excluding hydrogens is 212 g/mol. The lowest BCUT2D eigenvalue weighted by Crippen LogP contribution is -2.43. The first-order valence-electron chi connectivity index (χ1n) is 5.64. The Kier molecular flexibility index (Phi) is 2.71. The van der Waals surface area contributed by atoms with Crippen LogP contribution in [-0.2, 0) is 0 Å². The van der Waals surface area contributed by atoms with Crippen molar-refractivity contribution in [1.29, 1.82) is 0 Å². The van der Waals surface area contributed by atoms with E-state index < -0.39 is 5.54 Å². The number of aliphatic hydroxyl groups excluding tert-OH is 1. The molecule has 90 valence electrons. The maximum Gasteiger partial charge on any atom is 0.115 e. The minimum absolute atomic E-state index is 0.0406. The first-order chi connectivity index (χ1) is 7.95. The van der Waals surface area contributed by atoms with Gasteiger partial charge >= 0.3 is 0 Å². The molecular formula is C14H18N2O. The van der Waals surface area contributed by atoms with Gasteiger partial charge in [0.1, 0.15) is 5.76 Å². The average molecular weight is 230 g/mol. The molecule has 17 heavy (non-hydrogen) atoms. The number of aromatic amines is 1. The summed E-state index contributed by atoms with van der Waals surface area (Å²) in [6.45, 7) is 7.60. The Morgan fingerprint density at radius 1 is 1.59 bits per heavy atom. The van der Waals surface area contributed by atoms with Gasteiger partial charge in [-0.15, -0.1) is 0 Å². The molecule has 1 aromatic heterocycles. The van der Waals surface area contributed by atoms with Gasteiger partial charge in [-0.25, -0.2) is 0 Å². The van der Waals surface area contributed by atoms with Crippen molar-refractivity contribution in [2.24, 2.45) is 5.73 Å². The topological polar surface area (TPSA) is 62.0 Å². The Labute approximate surface area is 101 Å². The maximum atomic E-state index is 9.81. The zero-order valence-corrected chi connectivity index (χ0v) is 10.2. The molecule has 1 aliphatic rings. The van der Waals surface area contributed by atoms with Crippen molar-refractivity contribution in [2.45, 2.75) is 25.3 Å². The second-order valence-corrected chi connectivity index (χ2v) is 4.79. The molecule has 2 rings (SSSR count). The van der Waals surface area contributed by atoms with Crippen LogP contribution in [0.4, 0.5) is 0 Å². The number of allylic oxidation sites excluding steroid dienone is 1. The lowest BCUT2D eigenvalue weighted by atomic mass is 9.75. The van der Waals surface area contributed by atoms with Crippen LogP contribution >= 0.6 is 0 Å². The summed E-state index contributed by atoms with van der Waals surface area (Å²) in [6.07, 6.45) is 7.18. The molecule has 0 radical (unpaired) electrons. The summed E-state index contributed by atoms with van der Waals surface area (Å²) in [5.74, 6) is 0.258. The molecule has 1 aliphatic carbocycles. The number of aliphatic hydroxyl groups is 1. The van der Waals surface area contributed by atoms with Gasteiger partial charge in [0.25, 0.3) is 0 Å². The molecule has 0 amide bonds. The van der Waals surface area contributed by atoms with E-state index in [0.717, 1.165) is 16.8 Å². The van der Waals surface area contributed by atoms with Crippen LogP contribution in [0.15, 0.2) is 42.3 Å². The highest BCUT2D eigenvalue weighted by molar-refractivity contribution is 5.50. The van der Waals surface area contributed by atoms with Gasteiger partial charge in [-0.05, 0) is 37.1 Å². The van der Waals surface area contributed by atoms with Crippen molar-refractivity contribution in [3.05, 3.63) is 53.6 Å². The third-order valence-electron chi connectivity index (χ3n) is 3.33. The van der Waals surface area contributed by atoms with E-state index in [1.807, 2.05) is 32.2 Å². The molecule has 1 aromatic rings. The number of nitrogens with one attached hydrogen (secondary N) is 1. The van der Waals surface area contributed by atoms with E-state index in [1.54, 1.807) is 12.2 Å². The molecule has 0 bridgehead atoms. The average Bonchev–Trinajstić information content (AvgIpc) is 2.72. The predicted octanol–water partition coefficient (Wildman–Crippen LogP) is 2.86. The van der Waals surface area contributed by atoms with Crippen LogP contribution in [0.5, 0.6) is 0 Å². The number of hydrogen-bond donors (Lipinski definition) is 3. The zero-order valence-electron chi connectivity index (χ0n) is 10.2. The molecule has 0 fully saturated rings. The third kappa shape index (κ3) is 1.94. The van der Waals surface area contributed by atoms with E-state index in [0.29, 0.717) is 5.76 Å². The SMILES string of the molecule is C=Cc1c[nH]c(C2C(C)=C(O)C=CC2(C)N)c1. The molecule has 0 spiro atoms. The monoisotopic (exact) mass is 230 g/mol. The first-order valence-corrected chi connectivity index (χ1v) is 5.64. The summed E-state index contributed by atoms with van der Waals surface area (Å²) in [5.41, 5.74) is 8.69. The first kappa shape index (κ1) is 11.7. The van der Waals surface area contributed by atoms with Crippen molar-refractivity contribution >= 4 is 6.08 Å². The quantitative estimate of drug-likeness (QED) is 0.731. The van der Waals surface area contributed by atoms with Crippen molar-refractivity contribution < 1.29 is 5.11 Å². The van der Waals surface area contributed by atoms with Crippen LogP contribution in [0.3, 0.4) is 0 Å². The van der Waals surface area contributed by atoms with Crippen LogP contribution in [0.25, 0.3) is 6.08 Å². The van der Waals surface area contributed by atoms with E-state index in [-0.39, 0.29) is 5.92 Å². The summed E-state index contributed by atoms with van der Waals surface area (Å²) in [5, 5.41) is 9.81. The lowest BCUT2D eigenvalue weighted by molar-refractivity contribution is 0.390. The van der Waals surface area contributed by atoms with Gasteiger partial charge in [-0.3, -0.25) is 0 Å². The van der Waals surface area contributed by atoms with Crippen molar-refractivity contribution in [3.8, 4) is 0 Å². The number of H-pyrrole nitrogens is 1. The lowest BCUT2D eigenvalue weighted by Gasteiger charge is -2.34. The van der Waals surface area contributed by atoms with E-state index in [2.05, 4.69) is 11.6 Å². The standard InChI is InChI=1S/C14H18N2O/c1-4-10-7-11(16-8-10)13-9(2)12(17)5-6-14(13,3)15/h4-8,13,16-17H,1,15H2,2-3H3. The number of nitrogens with two attached hydrogens (primary N) is 1. The molecule has 3 nitrogen and oxygen atoms in total. The molecule has 0 aliphatic heterocycles. The number of hydrogen-bond acceptors (Lipinski definition) is 2. The largest absolute Gasteiger partial charge is 0.508 e. The van der Waals surface area contributed by atoms with E-state index in [9.17, 15) is 5.11 Å². The smallest absolute Gasteiger partial charge is 0.115 e. The van der Waals surface area contributed by atoms with Crippen LogP contribution in [0.2, 0.25) is 0 Å². The van der Waals surface area contributed by atoms with Crippen molar-refractivity contribution in [3.63, 3.8) is 0 Å². The van der Waals surface area contributed by atoms with Gasteiger partial charge in [-0.1, -0.05) is 18.7 Å². The van der Waals surface area contributed by atoms with Crippen LogP contribution in [0.1, 0.15) is 31.0 Å². The minimum Gasteiger partial charge on any atom is -0.508 e. The second kappa shape index (κ2) is 3.93. The van der Waals surface area contributed by atoms with Gasteiger partial charge in [0.2, 0.25) is 0 Å². The maximum absolute atomic E-state index is 9.81. The summed E-state index contributed by atoms with van der Waals surface area (Å²) < 4.78 is 0. The Morgan fingerprint density at radius 3 is 2.88 bits per heavy atom. The predicted molar refractivity (Wildman–Crippen MR) is 70.7 cm³/mol. The fourth-order valence-electron chi connectivity index (χ4n) is 2.38. The van der Waals surface area contributed by atoms with Gasteiger partial charge in [0.15, 0.2) is 0 Å². The molecule has 3 heteroatoms. The van der Waals surface area contributed by atoms with E-state index in [1.165, 1.54) is 0 Å². The van der Waals surface area contributed by atoms with Gasteiger partial charge in [-0.2, -0.15) is 0 Å². The summed E-state index contributed by atoms with van der Waals surface area (Å²) in [4.78, 5) is 3.20. The Morgan fingerprint density at radius 2 is 2.29 bits per heavy atom. The third-order valence-corrected chi connectivity index (χ3v) is 3.33. The summed E-state index contributed by atoms with van der Waals surface area (Å²) >= 11 is 0. The molecule has 0 aromatic carbocycles. The molecule has 2 atom stereocenters. The van der Waals surface area contributed by atoms with Gasteiger partial charge < -0.3 is 15.8 Å². The fourth-order valence-corrected chi connectivity index (χ4v) is 2.38. The summed E-state index contributed by atoms with van der Waals surface area (Å²) in [7, 11) is 0. The summed E-state index contributed by atoms with van der Waals surface area (Å²) in [6, 6.07) is 2.01. The van der Waals surface area contributed by atoms with Crippen LogP contribution in [-0.4, -0.2) is 15.6 Å². The molecule has 4 N–H and O–H groups in total. The molecule has 0 saturated heterocycles. The zero-order chi connectivity index (χ0) is 12.6. The second-order valence-electron chi connectivity index (χ2n) is 4.79. The van der Waals surface area contributed by atoms with Crippen molar-refractivity contribution in [2.75, 3.05) is 0 Å². The van der Waals surface area contributed by atoms with Crippen molar-refractivity contribution in [1.82, 2.24) is 4.98 Å². The van der Waals surface area contributed by atoms with Gasteiger partial charge in [0, 0.05) is 23.3 Å². The Balaban J connectivity index is 2.48. The van der Waals surface area contributed by atoms with E-state index >= 15 is 0 Å². The highest BCUT2D eigenvalue weighted by Gasteiger charge is 2.35.